The van der Waals surface area contributed by atoms with Gasteiger partial charge in [0.15, 0.2) is 0 Å². The molecule has 0 aliphatic heterocycles. The van der Waals surface area contributed by atoms with Gasteiger partial charge in [-0.2, -0.15) is 0 Å². The molecule has 0 radical (unpaired) electrons. The number of para-hydroxylation sites is 3. The number of fused-ring (bicyclic) bond motifs is 3. The fraction of sp³-hybridized carbons (Fsp3) is 0.103. The van der Waals surface area contributed by atoms with Crippen molar-refractivity contribution < 1.29 is 0 Å². The van der Waals surface area contributed by atoms with Gasteiger partial charge >= 0.3 is 0 Å². The fourth-order valence-corrected chi connectivity index (χ4v) is 11.7. The van der Waals surface area contributed by atoms with Gasteiger partial charge in [0.2, 0.25) is 0 Å². The van der Waals surface area contributed by atoms with Gasteiger partial charge in [-0.3, -0.25) is 0 Å². The number of hydrogen-bond donors (Lipinski definition) is 0. The summed E-state index contributed by atoms with van der Waals surface area (Å²) >= 11 is 3.71. The molecule has 0 unspecified atom stereocenters. The summed E-state index contributed by atoms with van der Waals surface area (Å²) in [7, 11) is 0. The molecule has 0 amide bonds. The molecular weight excluding hydrogens is 789 g/mol. The van der Waals surface area contributed by atoms with Crippen molar-refractivity contribution in [1.29, 1.82) is 0 Å². The maximum Gasteiger partial charge on any atom is 0.0640 e. The summed E-state index contributed by atoms with van der Waals surface area (Å²) < 4.78 is 2.60. The van der Waals surface area contributed by atoms with Crippen molar-refractivity contribution in [3.05, 3.63) is 205 Å². The largest absolute Gasteiger partial charge is 0.309 e. The maximum atomic E-state index is 2.53. The average molecular weight is 835 g/mol. The highest BCUT2D eigenvalue weighted by Gasteiger charge is 2.27. The lowest BCUT2D eigenvalue weighted by Crippen LogP contribution is -2.13. The van der Waals surface area contributed by atoms with Crippen molar-refractivity contribution in [2.45, 2.75) is 49.3 Å². The van der Waals surface area contributed by atoms with Gasteiger partial charge < -0.3 is 9.80 Å². The zero-order chi connectivity index (χ0) is 41.9. The van der Waals surface area contributed by atoms with Crippen LogP contribution in [-0.2, 0) is 0 Å². The van der Waals surface area contributed by atoms with E-state index < -0.39 is 0 Å². The van der Waals surface area contributed by atoms with E-state index >= 15 is 0 Å². The van der Waals surface area contributed by atoms with Gasteiger partial charge in [-0.1, -0.05) is 161 Å². The predicted molar refractivity (Wildman–Crippen MR) is 271 cm³/mol. The molecule has 11 rings (SSSR count). The minimum absolute atomic E-state index is 0.292. The van der Waals surface area contributed by atoms with E-state index in [4.69, 9.17) is 0 Å². The first-order valence-corrected chi connectivity index (χ1v) is 23.3. The van der Waals surface area contributed by atoms with Gasteiger partial charge in [0, 0.05) is 47.4 Å². The molecule has 0 aliphatic rings. The van der Waals surface area contributed by atoms with Crippen LogP contribution in [0, 0.1) is 0 Å². The Hall–Kier alpha value is -6.59. The lowest BCUT2D eigenvalue weighted by Gasteiger charge is -2.32. The first kappa shape index (κ1) is 38.3. The second kappa shape index (κ2) is 15.7. The van der Waals surface area contributed by atoms with Gasteiger partial charge in [0.05, 0.1) is 27.4 Å². The van der Waals surface area contributed by atoms with Crippen LogP contribution in [0.5, 0.6) is 0 Å². The van der Waals surface area contributed by atoms with Crippen LogP contribution in [-0.4, -0.2) is 0 Å². The van der Waals surface area contributed by atoms with Gasteiger partial charge in [0.25, 0.3) is 0 Å². The van der Waals surface area contributed by atoms with Crippen LogP contribution in [0.4, 0.5) is 34.1 Å². The van der Waals surface area contributed by atoms with Crippen LogP contribution < -0.4 is 9.80 Å². The zero-order valence-electron chi connectivity index (χ0n) is 35.3. The average Bonchev–Trinajstić information content (AvgIpc) is 3.70. The van der Waals surface area contributed by atoms with Crippen molar-refractivity contribution in [2.24, 2.45) is 0 Å². The molecule has 4 heteroatoms. The topological polar surface area (TPSA) is 6.48 Å². The Balaban J connectivity index is 1.24. The minimum Gasteiger partial charge on any atom is -0.309 e. The van der Waals surface area contributed by atoms with Crippen LogP contribution in [0.15, 0.2) is 204 Å². The Labute approximate surface area is 372 Å². The zero-order valence-corrected chi connectivity index (χ0v) is 37.0. The Bertz CT molecular complexity index is 3390. The lowest BCUT2D eigenvalue weighted by atomic mass is 9.84. The number of nitrogens with zero attached hydrogens (tertiary/aromatic N) is 2. The summed E-state index contributed by atoms with van der Waals surface area (Å²) in [5.41, 5.74) is 9.73. The molecule has 0 bridgehead atoms. The molecule has 0 N–H and O–H groups in total. The molecule has 1 heterocycles. The fourth-order valence-electron chi connectivity index (χ4n) is 9.56. The number of rotatable bonds is 10. The molecule has 0 aliphatic carbocycles. The standard InChI is InChI=1S/C58H46N2S2/c1-37(2)48-35-52(59(39-19-8-5-9-20-39)50-27-15-17-30-55(50)61-41-23-12-7-13-24-41)46-33-31-44-49(38(3)4)36-53(47-34-32-43(48)56(46)57(44)47)60(40-21-10-6-11-22-40)51-28-18-26-45-42-25-14-16-29-54(42)62-58(45)51/h5-38H,1-4H3. The van der Waals surface area contributed by atoms with Crippen molar-refractivity contribution in [3.8, 4) is 0 Å². The molecule has 62 heavy (non-hydrogen) atoms. The van der Waals surface area contributed by atoms with Gasteiger partial charge in [-0.05, 0) is 117 Å². The first-order valence-electron chi connectivity index (χ1n) is 21.7. The van der Waals surface area contributed by atoms with E-state index in [-0.39, 0.29) is 0 Å². The molecule has 0 fully saturated rings. The van der Waals surface area contributed by atoms with E-state index in [1.54, 1.807) is 0 Å². The summed E-state index contributed by atoms with van der Waals surface area (Å²) in [5.74, 6) is 0.586. The van der Waals surface area contributed by atoms with E-state index in [1.807, 2.05) is 23.1 Å². The summed E-state index contributed by atoms with van der Waals surface area (Å²) in [4.78, 5) is 7.46. The van der Waals surface area contributed by atoms with Crippen molar-refractivity contribution >= 4 is 110 Å². The SMILES string of the molecule is CC(C)c1cc(N(c2ccccc2)c2ccccc2Sc2ccccc2)c2ccc3c(C(C)C)cc(N(c4ccccc4)c4cccc5c4sc4ccccc45)c4ccc1c2c34. The number of hydrogen-bond acceptors (Lipinski definition) is 4. The molecule has 10 aromatic carbocycles. The lowest BCUT2D eigenvalue weighted by molar-refractivity contribution is 0.875. The molecule has 0 atom stereocenters. The molecule has 1 aromatic heterocycles. The summed E-state index contributed by atoms with van der Waals surface area (Å²) in [6, 6.07) is 71.8. The Morgan fingerprint density at radius 2 is 0.855 bits per heavy atom. The highest BCUT2D eigenvalue weighted by Crippen LogP contribution is 2.53. The smallest absolute Gasteiger partial charge is 0.0640 e. The molecule has 0 spiro atoms. The Kier molecular flexibility index (Phi) is 9.71. The summed E-state index contributed by atoms with van der Waals surface area (Å²) in [6.07, 6.45) is 0. The number of benzene rings is 10. The molecule has 0 saturated carbocycles. The van der Waals surface area contributed by atoms with Crippen LogP contribution >= 0.6 is 23.1 Å². The second-order valence-corrected chi connectivity index (χ2v) is 19.0. The molecular formula is C58H46N2S2. The highest BCUT2D eigenvalue weighted by molar-refractivity contribution is 7.99. The van der Waals surface area contributed by atoms with E-state index in [9.17, 15) is 0 Å². The predicted octanol–water partition coefficient (Wildman–Crippen LogP) is 18.3. The van der Waals surface area contributed by atoms with E-state index in [0.29, 0.717) is 11.8 Å². The summed E-state index contributed by atoms with van der Waals surface area (Å²) in [5, 5.41) is 10.4. The van der Waals surface area contributed by atoms with E-state index in [1.165, 1.54) is 90.5 Å². The molecule has 0 saturated heterocycles. The third kappa shape index (κ3) is 6.40. The van der Waals surface area contributed by atoms with Gasteiger partial charge in [-0.25, -0.2) is 0 Å². The third-order valence-electron chi connectivity index (χ3n) is 12.4. The quantitative estimate of drug-likeness (QED) is 0.127. The van der Waals surface area contributed by atoms with Crippen LogP contribution in [0.2, 0.25) is 0 Å². The monoisotopic (exact) mass is 834 g/mol. The van der Waals surface area contributed by atoms with Crippen LogP contribution in [0.25, 0.3) is 52.5 Å². The van der Waals surface area contributed by atoms with Crippen molar-refractivity contribution in [1.82, 2.24) is 0 Å². The van der Waals surface area contributed by atoms with Crippen LogP contribution in [0.3, 0.4) is 0 Å². The second-order valence-electron chi connectivity index (χ2n) is 16.8. The third-order valence-corrected chi connectivity index (χ3v) is 14.7. The van der Waals surface area contributed by atoms with Gasteiger partial charge in [0.1, 0.15) is 0 Å². The number of thiophene rings is 1. The maximum absolute atomic E-state index is 2.53. The van der Waals surface area contributed by atoms with E-state index in [0.717, 1.165) is 17.1 Å². The normalized spacial score (nSPS) is 11.9. The minimum atomic E-state index is 0.292. The van der Waals surface area contributed by atoms with Crippen LogP contribution in [0.1, 0.15) is 50.7 Å². The van der Waals surface area contributed by atoms with E-state index in [2.05, 4.69) is 232 Å². The first-order chi connectivity index (χ1) is 30.4. The Morgan fingerprint density at radius 3 is 1.45 bits per heavy atom. The molecule has 11 aromatic rings. The number of anilines is 6. The summed E-state index contributed by atoms with van der Waals surface area (Å²) in [6.45, 7) is 9.38. The molecule has 2 nitrogen and oxygen atoms in total. The molecule has 300 valence electrons. The van der Waals surface area contributed by atoms with Crippen molar-refractivity contribution in [2.75, 3.05) is 9.80 Å². The van der Waals surface area contributed by atoms with Gasteiger partial charge in [-0.15, -0.1) is 11.3 Å². The highest BCUT2D eigenvalue weighted by atomic mass is 32.2. The Morgan fingerprint density at radius 1 is 0.387 bits per heavy atom. The van der Waals surface area contributed by atoms with Crippen molar-refractivity contribution in [3.63, 3.8) is 0 Å².